The predicted octanol–water partition coefficient (Wildman–Crippen LogP) is 2.97. The van der Waals surface area contributed by atoms with Crippen molar-refractivity contribution < 1.29 is 42.5 Å². The molecule has 4 rings (SSSR count). The van der Waals surface area contributed by atoms with E-state index in [-0.39, 0.29) is 32.0 Å². The molecular formula is C31H31F2N3O7. The van der Waals surface area contributed by atoms with Crippen molar-refractivity contribution in [1.82, 2.24) is 10.6 Å². The molecule has 226 valence electrons. The Morgan fingerprint density at radius 1 is 0.884 bits per heavy atom. The van der Waals surface area contributed by atoms with Crippen LogP contribution in [0.25, 0.3) is 0 Å². The summed E-state index contributed by atoms with van der Waals surface area (Å²) in [6.07, 6.45) is -0.257. The number of carbonyl (C=O) groups excluding carboxylic acids is 4. The molecule has 3 aromatic carbocycles. The van der Waals surface area contributed by atoms with Crippen molar-refractivity contribution in [1.29, 1.82) is 0 Å². The molecule has 3 aromatic rings. The number of benzene rings is 3. The van der Waals surface area contributed by atoms with Crippen LogP contribution in [-0.2, 0) is 23.9 Å². The van der Waals surface area contributed by atoms with Crippen LogP contribution in [0.15, 0.2) is 72.8 Å². The van der Waals surface area contributed by atoms with E-state index in [4.69, 9.17) is 4.74 Å². The summed E-state index contributed by atoms with van der Waals surface area (Å²) in [5, 5.41) is 15.3. The van der Waals surface area contributed by atoms with Crippen molar-refractivity contribution in [3.63, 3.8) is 0 Å². The van der Waals surface area contributed by atoms with Crippen LogP contribution in [0.2, 0.25) is 0 Å². The second-order valence-corrected chi connectivity index (χ2v) is 9.87. The molecule has 1 saturated heterocycles. The molecule has 1 fully saturated rings. The molecular weight excluding hydrogens is 564 g/mol. The fourth-order valence-corrected chi connectivity index (χ4v) is 4.74. The average molecular weight is 596 g/mol. The molecule has 3 unspecified atom stereocenters. The lowest BCUT2D eigenvalue weighted by atomic mass is 9.78. The summed E-state index contributed by atoms with van der Waals surface area (Å²) in [6, 6.07) is 17.5. The van der Waals surface area contributed by atoms with Crippen molar-refractivity contribution in [3.05, 3.63) is 95.6 Å². The highest BCUT2D eigenvalue weighted by Gasteiger charge is 2.48. The van der Waals surface area contributed by atoms with E-state index in [0.29, 0.717) is 23.4 Å². The van der Waals surface area contributed by atoms with Gasteiger partial charge in [0.15, 0.2) is 6.61 Å². The van der Waals surface area contributed by atoms with Gasteiger partial charge in [-0.2, -0.15) is 0 Å². The number of hydrogen-bond donors (Lipinski definition) is 3. The van der Waals surface area contributed by atoms with E-state index in [2.05, 4.69) is 15.4 Å². The number of rotatable bonds is 13. The lowest BCUT2D eigenvalue weighted by Crippen LogP contribution is -2.55. The minimum absolute atomic E-state index is 0.171. The molecule has 1 aliphatic rings. The first kappa shape index (κ1) is 31.1. The summed E-state index contributed by atoms with van der Waals surface area (Å²) in [6.45, 7) is -1.02. The molecule has 0 radical (unpaired) electrons. The fourth-order valence-electron chi connectivity index (χ4n) is 4.74. The quantitative estimate of drug-likeness (QED) is 0.204. The van der Waals surface area contributed by atoms with Gasteiger partial charge in [-0.05, 0) is 72.5 Å². The van der Waals surface area contributed by atoms with Gasteiger partial charge < -0.3 is 30.1 Å². The number of aliphatic hydroxyl groups excluding tert-OH is 1. The number of carbonyl (C=O) groups is 4. The van der Waals surface area contributed by atoms with E-state index in [1.165, 1.54) is 55.6 Å². The summed E-state index contributed by atoms with van der Waals surface area (Å²) >= 11 is 0. The third-order valence-corrected chi connectivity index (χ3v) is 7.02. The van der Waals surface area contributed by atoms with Crippen LogP contribution in [0.3, 0.4) is 0 Å². The molecule has 3 N–H and O–H groups in total. The molecule has 0 bridgehead atoms. The topological polar surface area (TPSA) is 134 Å². The summed E-state index contributed by atoms with van der Waals surface area (Å²) in [5.74, 6) is -2.84. The number of halogens is 2. The number of esters is 1. The first-order valence-corrected chi connectivity index (χ1v) is 13.5. The van der Waals surface area contributed by atoms with E-state index in [1.807, 2.05) is 0 Å². The van der Waals surface area contributed by atoms with Crippen molar-refractivity contribution >= 4 is 29.4 Å². The Hall–Kier alpha value is -4.84. The van der Waals surface area contributed by atoms with Crippen LogP contribution in [0.5, 0.6) is 5.75 Å². The second kappa shape index (κ2) is 14.4. The van der Waals surface area contributed by atoms with Crippen LogP contribution in [0, 0.1) is 17.6 Å². The SMILES string of the molecule is COC(=O)CNC(=O)CNC(=O)COc1ccc(C2C(CCC(O)c3ccc(F)cc3)C(=O)N2c2ccc(F)cc2)cc1. The minimum Gasteiger partial charge on any atom is -0.484 e. The zero-order chi connectivity index (χ0) is 30.9. The molecule has 0 aliphatic carbocycles. The fraction of sp³-hybridized carbons (Fsp3) is 0.290. The normalized spacial score (nSPS) is 16.6. The molecule has 12 heteroatoms. The number of anilines is 1. The highest BCUT2D eigenvalue weighted by Crippen LogP contribution is 2.46. The summed E-state index contributed by atoms with van der Waals surface area (Å²) in [5.41, 5.74) is 1.84. The van der Waals surface area contributed by atoms with Gasteiger partial charge in [-0.3, -0.25) is 19.2 Å². The van der Waals surface area contributed by atoms with Crippen LogP contribution < -0.4 is 20.3 Å². The number of β-lactam (4-membered cyclic amide) rings is 1. The summed E-state index contributed by atoms with van der Waals surface area (Å²) in [4.78, 5) is 49.7. The number of nitrogens with one attached hydrogen (secondary N) is 2. The highest BCUT2D eigenvalue weighted by atomic mass is 19.1. The number of amides is 3. The van der Waals surface area contributed by atoms with E-state index in [9.17, 15) is 33.1 Å². The summed E-state index contributed by atoms with van der Waals surface area (Å²) < 4.78 is 36.8. The maximum Gasteiger partial charge on any atom is 0.325 e. The van der Waals surface area contributed by atoms with E-state index >= 15 is 0 Å². The maximum atomic E-state index is 13.6. The Morgan fingerprint density at radius 2 is 1.49 bits per heavy atom. The van der Waals surface area contributed by atoms with Gasteiger partial charge >= 0.3 is 5.97 Å². The van der Waals surface area contributed by atoms with Crippen LogP contribution in [-0.4, -0.2) is 55.6 Å². The molecule has 1 aliphatic heterocycles. The second-order valence-electron chi connectivity index (χ2n) is 9.87. The first-order chi connectivity index (χ1) is 20.7. The first-order valence-electron chi connectivity index (χ1n) is 13.5. The van der Waals surface area contributed by atoms with Gasteiger partial charge in [-0.15, -0.1) is 0 Å². The molecule has 1 heterocycles. The van der Waals surface area contributed by atoms with E-state index in [1.54, 1.807) is 29.2 Å². The number of methoxy groups -OCH3 is 1. The van der Waals surface area contributed by atoms with Crippen LogP contribution >= 0.6 is 0 Å². The molecule has 10 nitrogen and oxygen atoms in total. The number of hydrogen-bond acceptors (Lipinski definition) is 7. The van der Waals surface area contributed by atoms with Crippen molar-refractivity contribution in [2.75, 3.05) is 31.7 Å². The summed E-state index contributed by atoms with van der Waals surface area (Å²) in [7, 11) is 1.19. The van der Waals surface area contributed by atoms with Crippen molar-refractivity contribution in [2.24, 2.45) is 5.92 Å². The van der Waals surface area contributed by atoms with Gasteiger partial charge in [-0.1, -0.05) is 24.3 Å². The third-order valence-electron chi connectivity index (χ3n) is 7.02. The number of nitrogens with zero attached hydrogens (tertiary/aromatic N) is 1. The van der Waals surface area contributed by atoms with E-state index in [0.717, 1.165) is 5.56 Å². The van der Waals surface area contributed by atoms with Crippen molar-refractivity contribution in [3.8, 4) is 5.75 Å². The van der Waals surface area contributed by atoms with Gasteiger partial charge in [0.2, 0.25) is 11.8 Å². The largest absolute Gasteiger partial charge is 0.484 e. The monoisotopic (exact) mass is 595 g/mol. The molecule has 3 atom stereocenters. The zero-order valence-corrected chi connectivity index (χ0v) is 23.3. The Morgan fingerprint density at radius 3 is 2.12 bits per heavy atom. The Balaban J connectivity index is 1.38. The molecule has 0 spiro atoms. The predicted molar refractivity (Wildman–Crippen MR) is 151 cm³/mol. The Kier molecular flexibility index (Phi) is 10.4. The van der Waals surface area contributed by atoms with Crippen LogP contribution in [0.4, 0.5) is 14.5 Å². The standard InChI is InChI=1S/C31H31F2N3O7/c1-42-29(40)17-35-27(38)16-34-28(39)18-43-24-12-4-20(5-13-24)30-25(14-15-26(37)19-2-6-21(32)7-3-19)31(41)36(30)23-10-8-22(33)9-11-23/h2-13,25-26,30,37H,14-18H2,1H3,(H,34,39)(H,35,38). The smallest absolute Gasteiger partial charge is 0.325 e. The Labute approximate surface area is 246 Å². The van der Waals surface area contributed by atoms with Gasteiger partial charge in [0, 0.05) is 5.69 Å². The molecule has 3 amide bonds. The highest BCUT2D eigenvalue weighted by molar-refractivity contribution is 6.03. The molecule has 0 saturated carbocycles. The Bertz CT molecular complexity index is 1430. The van der Waals surface area contributed by atoms with Gasteiger partial charge in [0.25, 0.3) is 5.91 Å². The van der Waals surface area contributed by atoms with E-state index < -0.39 is 47.5 Å². The number of aliphatic hydroxyl groups is 1. The lowest BCUT2D eigenvalue weighted by Gasteiger charge is -2.48. The van der Waals surface area contributed by atoms with Gasteiger partial charge in [0.1, 0.15) is 23.9 Å². The molecule has 43 heavy (non-hydrogen) atoms. The zero-order valence-electron chi connectivity index (χ0n) is 23.3. The van der Waals surface area contributed by atoms with Gasteiger partial charge in [0.05, 0.1) is 31.7 Å². The third kappa shape index (κ3) is 8.13. The van der Waals surface area contributed by atoms with Gasteiger partial charge in [-0.25, -0.2) is 8.78 Å². The van der Waals surface area contributed by atoms with Crippen LogP contribution in [0.1, 0.15) is 36.1 Å². The minimum atomic E-state index is -0.880. The average Bonchev–Trinajstić information content (AvgIpc) is 3.01. The number of ether oxygens (including phenoxy) is 2. The lowest BCUT2D eigenvalue weighted by molar-refractivity contribution is -0.141. The van der Waals surface area contributed by atoms with Crippen molar-refractivity contribution in [2.45, 2.75) is 25.0 Å². The molecule has 0 aromatic heterocycles. The maximum absolute atomic E-state index is 13.6.